The van der Waals surface area contributed by atoms with Crippen LogP contribution in [-0.2, 0) is 5.60 Å². The summed E-state index contributed by atoms with van der Waals surface area (Å²) >= 11 is 0. The van der Waals surface area contributed by atoms with Crippen LogP contribution in [0.2, 0.25) is 0 Å². The Kier molecular flexibility index (Phi) is 2.35. The van der Waals surface area contributed by atoms with Gasteiger partial charge in [-0.1, -0.05) is 18.2 Å². The highest BCUT2D eigenvalue weighted by Gasteiger charge is 2.40. The van der Waals surface area contributed by atoms with E-state index in [1.165, 1.54) is 12.3 Å². The van der Waals surface area contributed by atoms with Gasteiger partial charge in [0.1, 0.15) is 11.4 Å². The number of hydrogen-bond acceptors (Lipinski definition) is 3. The van der Waals surface area contributed by atoms with Crippen molar-refractivity contribution < 1.29 is 9.50 Å². The normalized spacial score (nSPS) is 21.5. The minimum absolute atomic E-state index is 0.259. The van der Waals surface area contributed by atoms with Gasteiger partial charge in [-0.2, -0.15) is 0 Å². The highest BCUT2D eigenvalue weighted by atomic mass is 19.1. The first-order valence-electron chi connectivity index (χ1n) is 5.79. The Bertz CT molecular complexity index is 614. The monoisotopic (exact) mass is 244 g/mol. The van der Waals surface area contributed by atoms with Crippen LogP contribution in [0.4, 0.5) is 10.1 Å². The first-order chi connectivity index (χ1) is 8.63. The molecule has 0 saturated heterocycles. The number of fused-ring (bicyclic) bond motifs is 1. The maximum atomic E-state index is 13.8. The zero-order valence-corrected chi connectivity index (χ0v) is 9.94. The number of hydrogen-bond donors (Lipinski definition) is 2. The first-order valence-corrected chi connectivity index (χ1v) is 5.79. The second-order valence-electron chi connectivity index (χ2n) is 4.57. The van der Waals surface area contributed by atoms with Gasteiger partial charge in [0.2, 0.25) is 0 Å². The molecule has 0 aliphatic carbocycles. The number of aliphatic hydroxyl groups is 1. The highest BCUT2D eigenvalue weighted by Crippen LogP contribution is 2.41. The Morgan fingerprint density at radius 2 is 2.17 bits per heavy atom. The number of rotatable bonds is 1. The fourth-order valence-electron chi connectivity index (χ4n) is 2.51. The minimum atomic E-state index is -1.33. The molecule has 2 aromatic rings. The molecule has 2 heterocycles. The standard InChI is InChI=1S/C14H13FN2O/c1-9-3-2-4-11-13(9)17-8-14(11,18)10-5-6-16-7-12(10)15/h2-7,17-18H,8H2,1H3. The summed E-state index contributed by atoms with van der Waals surface area (Å²) in [5.74, 6) is -0.490. The molecule has 2 N–H and O–H groups in total. The molecule has 0 saturated carbocycles. The zero-order chi connectivity index (χ0) is 12.8. The lowest BCUT2D eigenvalue weighted by atomic mass is 9.88. The minimum Gasteiger partial charge on any atom is -0.381 e. The van der Waals surface area contributed by atoms with Gasteiger partial charge in [-0.15, -0.1) is 0 Å². The van der Waals surface area contributed by atoms with E-state index < -0.39 is 11.4 Å². The number of β-amino-alcohol motifs (C(OH)–C–C–N with tert-alkyl or cyclic N) is 1. The molecule has 1 aliphatic heterocycles. The lowest BCUT2D eigenvalue weighted by Gasteiger charge is -2.23. The van der Waals surface area contributed by atoms with E-state index in [0.717, 1.165) is 17.4 Å². The fourth-order valence-corrected chi connectivity index (χ4v) is 2.51. The van der Waals surface area contributed by atoms with E-state index >= 15 is 0 Å². The SMILES string of the molecule is Cc1cccc2c1NCC2(O)c1ccncc1F. The van der Waals surface area contributed by atoms with E-state index in [2.05, 4.69) is 10.3 Å². The van der Waals surface area contributed by atoms with Gasteiger partial charge in [-0.25, -0.2) is 4.39 Å². The predicted octanol–water partition coefficient (Wildman–Crippen LogP) is 2.19. The van der Waals surface area contributed by atoms with Crippen molar-refractivity contribution in [3.63, 3.8) is 0 Å². The van der Waals surface area contributed by atoms with Crippen LogP contribution in [0.1, 0.15) is 16.7 Å². The van der Waals surface area contributed by atoms with E-state index in [-0.39, 0.29) is 12.1 Å². The van der Waals surface area contributed by atoms with Crippen LogP contribution in [0.15, 0.2) is 36.7 Å². The molecular weight excluding hydrogens is 231 g/mol. The number of halogens is 1. The summed E-state index contributed by atoms with van der Waals surface area (Å²) in [6.45, 7) is 2.23. The van der Waals surface area contributed by atoms with Crippen molar-refractivity contribution in [2.45, 2.75) is 12.5 Å². The fraction of sp³-hybridized carbons (Fsp3) is 0.214. The largest absolute Gasteiger partial charge is 0.381 e. The van der Waals surface area contributed by atoms with E-state index in [9.17, 15) is 9.50 Å². The molecule has 0 spiro atoms. The summed E-state index contributed by atoms with van der Waals surface area (Å²) in [5.41, 5.74) is 1.57. The molecule has 0 bridgehead atoms. The first kappa shape index (κ1) is 11.2. The van der Waals surface area contributed by atoms with Crippen LogP contribution in [0.3, 0.4) is 0 Å². The van der Waals surface area contributed by atoms with Crippen molar-refractivity contribution in [1.82, 2.24) is 4.98 Å². The quantitative estimate of drug-likeness (QED) is 0.808. The summed E-state index contributed by atoms with van der Waals surface area (Å²) < 4.78 is 13.8. The van der Waals surface area contributed by atoms with E-state index in [1.54, 1.807) is 0 Å². The van der Waals surface area contributed by atoms with Gasteiger partial charge in [-0.05, 0) is 18.6 Å². The Morgan fingerprint density at radius 3 is 2.94 bits per heavy atom. The van der Waals surface area contributed by atoms with E-state index in [0.29, 0.717) is 5.56 Å². The van der Waals surface area contributed by atoms with Gasteiger partial charge in [0, 0.05) is 23.0 Å². The second-order valence-corrected chi connectivity index (χ2v) is 4.57. The van der Waals surface area contributed by atoms with Gasteiger partial charge in [0.25, 0.3) is 0 Å². The van der Waals surface area contributed by atoms with Crippen LogP contribution in [-0.4, -0.2) is 16.6 Å². The maximum absolute atomic E-state index is 13.8. The lowest BCUT2D eigenvalue weighted by molar-refractivity contribution is 0.0985. The Balaban J connectivity index is 2.21. The number of anilines is 1. The number of pyridine rings is 1. The molecule has 1 aromatic heterocycles. The molecule has 3 nitrogen and oxygen atoms in total. The van der Waals surface area contributed by atoms with Gasteiger partial charge in [0.15, 0.2) is 0 Å². The molecule has 92 valence electrons. The third kappa shape index (κ3) is 1.42. The van der Waals surface area contributed by atoms with Crippen LogP contribution in [0.5, 0.6) is 0 Å². The van der Waals surface area contributed by atoms with Crippen molar-refractivity contribution in [1.29, 1.82) is 0 Å². The average molecular weight is 244 g/mol. The molecule has 1 unspecified atom stereocenters. The molecule has 0 fully saturated rings. The van der Waals surface area contributed by atoms with Crippen molar-refractivity contribution in [2.24, 2.45) is 0 Å². The molecule has 4 heteroatoms. The number of nitrogens with one attached hydrogen (secondary N) is 1. The number of nitrogens with zero attached hydrogens (tertiary/aromatic N) is 1. The smallest absolute Gasteiger partial charge is 0.147 e. The van der Waals surface area contributed by atoms with Gasteiger partial charge < -0.3 is 10.4 Å². The summed E-state index contributed by atoms with van der Waals surface area (Å²) in [6.07, 6.45) is 2.62. The molecule has 0 radical (unpaired) electrons. The van der Waals surface area contributed by atoms with Gasteiger partial charge >= 0.3 is 0 Å². The molecule has 3 rings (SSSR count). The molecule has 0 amide bonds. The predicted molar refractivity (Wildman–Crippen MR) is 66.9 cm³/mol. The van der Waals surface area contributed by atoms with E-state index in [1.807, 2.05) is 25.1 Å². The Labute approximate surface area is 104 Å². The third-order valence-electron chi connectivity index (χ3n) is 3.46. The lowest BCUT2D eigenvalue weighted by Crippen LogP contribution is -2.30. The number of aromatic nitrogens is 1. The van der Waals surface area contributed by atoms with Gasteiger partial charge in [-0.3, -0.25) is 4.98 Å². The summed E-state index contributed by atoms with van der Waals surface area (Å²) in [4.78, 5) is 3.71. The molecule has 1 aromatic carbocycles. The van der Waals surface area contributed by atoms with Gasteiger partial charge in [0.05, 0.1) is 12.7 Å². The second kappa shape index (κ2) is 3.78. The molecule has 1 atom stereocenters. The summed E-state index contributed by atoms with van der Waals surface area (Å²) in [7, 11) is 0. The van der Waals surface area contributed by atoms with Crippen LogP contribution in [0, 0.1) is 12.7 Å². The van der Waals surface area contributed by atoms with Crippen molar-refractivity contribution >= 4 is 5.69 Å². The van der Waals surface area contributed by atoms with Crippen LogP contribution < -0.4 is 5.32 Å². The number of benzene rings is 1. The summed E-state index contributed by atoms with van der Waals surface area (Å²) in [6, 6.07) is 7.17. The molecule has 1 aliphatic rings. The van der Waals surface area contributed by atoms with Crippen molar-refractivity contribution in [3.05, 3.63) is 59.2 Å². The van der Waals surface area contributed by atoms with Crippen molar-refractivity contribution in [2.75, 3.05) is 11.9 Å². The number of aryl methyl sites for hydroxylation is 1. The zero-order valence-electron chi connectivity index (χ0n) is 9.94. The molecular formula is C14H13FN2O. The van der Waals surface area contributed by atoms with Crippen LogP contribution >= 0.6 is 0 Å². The number of para-hydroxylation sites is 1. The maximum Gasteiger partial charge on any atom is 0.147 e. The third-order valence-corrected chi connectivity index (χ3v) is 3.46. The van der Waals surface area contributed by atoms with Crippen LogP contribution in [0.25, 0.3) is 0 Å². The summed E-state index contributed by atoms with van der Waals surface area (Å²) in [5, 5.41) is 13.9. The molecule has 18 heavy (non-hydrogen) atoms. The van der Waals surface area contributed by atoms with Crippen molar-refractivity contribution in [3.8, 4) is 0 Å². The highest BCUT2D eigenvalue weighted by molar-refractivity contribution is 5.66. The Morgan fingerprint density at radius 1 is 1.33 bits per heavy atom. The Hall–Kier alpha value is -1.94. The van der Waals surface area contributed by atoms with E-state index in [4.69, 9.17) is 0 Å². The topological polar surface area (TPSA) is 45.1 Å². The average Bonchev–Trinajstić information content (AvgIpc) is 2.70.